The van der Waals surface area contributed by atoms with Gasteiger partial charge >= 0.3 is 0 Å². The van der Waals surface area contributed by atoms with Crippen LogP contribution >= 0.6 is 11.3 Å². The highest BCUT2D eigenvalue weighted by Gasteiger charge is 2.33. The molecule has 0 spiro atoms. The van der Waals surface area contributed by atoms with Crippen molar-refractivity contribution in [1.29, 1.82) is 0 Å². The molecule has 19 heavy (non-hydrogen) atoms. The Hall–Kier alpha value is -1.14. The lowest BCUT2D eigenvalue weighted by Crippen LogP contribution is -2.36. The van der Waals surface area contributed by atoms with Crippen molar-refractivity contribution >= 4 is 22.2 Å². The van der Waals surface area contributed by atoms with Crippen LogP contribution in [0, 0.1) is 5.41 Å². The fourth-order valence-corrected chi connectivity index (χ4v) is 3.86. The number of thiazole rings is 1. The van der Waals surface area contributed by atoms with E-state index in [9.17, 15) is 0 Å². The van der Waals surface area contributed by atoms with Crippen LogP contribution in [-0.4, -0.2) is 37.0 Å². The van der Waals surface area contributed by atoms with Gasteiger partial charge in [0.2, 0.25) is 0 Å². The minimum atomic E-state index is 0.196. The molecule has 0 amide bonds. The molecule has 0 unspecified atom stereocenters. The second-order valence-corrected chi connectivity index (χ2v) is 6.94. The van der Waals surface area contributed by atoms with Gasteiger partial charge in [-0.05, 0) is 18.3 Å². The lowest BCUT2D eigenvalue weighted by Gasteiger charge is -2.28. The smallest absolute Gasteiger partial charge is 0.186 e. The molecule has 6 heteroatoms. The van der Waals surface area contributed by atoms with E-state index in [1.165, 1.54) is 4.88 Å². The van der Waals surface area contributed by atoms with Gasteiger partial charge in [-0.15, -0.1) is 0 Å². The van der Waals surface area contributed by atoms with Gasteiger partial charge in [-0.2, -0.15) is 5.10 Å². The molecule has 1 fully saturated rings. The molecule has 1 aromatic rings. The van der Waals surface area contributed by atoms with Crippen LogP contribution in [0.25, 0.3) is 0 Å². The van der Waals surface area contributed by atoms with Crippen LogP contribution in [0.4, 0.5) is 5.13 Å². The molecule has 0 aromatic carbocycles. The average molecular weight is 280 g/mol. The topological polar surface area (TPSA) is 63.7 Å². The zero-order valence-electron chi connectivity index (χ0n) is 11.5. The van der Waals surface area contributed by atoms with Crippen molar-refractivity contribution in [3.05, 3.63) is 10.6 Å². The summed E-state index contributed by atoms with van der Waals surface area (Å²) in [5.41, 5.74) is 2.36. The number of fused-ring (bicyclic) bond motifs is 1. The van der Waals surface area contributed by atoms with E-state index in [1.807, 2.05) is 0 Å². The van der Waals surface area contributed by atoms with Crippen molar-refractivity contribution in [3.8, 4) is 0 Å². The number of nitrogens with zero attached hydrogens (tertiary/aromatic N) is 3. The zero-order chi connectivity index (χ0) is 13.5. The van der Waals surface area contributed by atoms with E-state index in [0.717, 1.165) is 55.7 Å². The standard InChI is InChI=1S/C13H20N4OS/c1-13(2)7-9-11(10(8-13)16-14)19-12(15-9)17-3-5-18-6-4-17/h3-8,14H2,1-2H3. The molecule has 2 N–H and O–H groups in total. The Kier molecular flexibility index (Phi) is 3.22. The first-order valence-corrected chi connectivity index (χ1v) is 7.50. The fraction of sp³-hybridized carbons (Fsp3) is 0.692. The molecular formula is C13H20N4OS. The van der Waals surface area contributed by atoms with Gasteiger partial charge in [0.25, 0.3) is 0 Å². The van der Waals surface area contributed by atoms with E-state index in [1.54, 1.807) is 11.3 Å². The molecule has 5 nitrogen and oxygen atoms in total. The van der Waals surface area contributed by atoms with Gasteiger partial charge in [0.05, 0.1) is 29.5 Å². The summed E-state index contributed by atoms with van der Waals surface area (Å²) in [4.78, 5) is 8.30. The lowest BCUT2D eigenvalue weighted by atomic mass is 9.78. The molecule has 0 bridgehead atoms. The number of nitrogens with two attached hydrogens (primary N) is 1. The quantitative estimate of drug-likeness (QED) is 0.627. The summed E-state index contributed by atoms with van der Waals surface area (Å²) < 4.78 is 5.39. The number of rotatable bonds is 1. The van der Waals surface area contributed by atoms with Gasteiger partial charge in [0, 0.05) is 13.1 Å². The van der Waals surface area contributed by atoms with Crippen LogP contribution < -0.4 is 10.7 Å². The van der Waals surface area contributed by atoms with Crippen LogP contribution in [0.2, 0.25) is 0 Å². The average Bonchev–Trinajstić information content (AvgIpc) is 2.81. The number of morpholine rings is 1. The molecule has 104 valence electrons. The molecule has 0 saturated carbocycles. The minimum Gasteiger partial charge on any atom is -0.378 e. The van der Waals surface area contributed by atoms with E-state index in [-0.39, 0.29) is 5.41 Å². The SMILES string of the molecule is CC1(C)CC(=NN)c2sc(N3CCOCC3)nc2C1. The molecule has 1 aromatic heterocycles. The van der Waals surface area contributed by atoms with Gasteiger partial charge in [-0.25, -0.2) is 4.98 Å². The van der Waals surface area contributed by atoms with Crippen molar-refractivity contribution in [2.45, 2.75) is 26.7 Å². The summed E-state index contributed by atoms with van der Waals surface area (Å²) in [5, 5.41) is 5.08. The summed E-state index contributed by atoms with van der Waals surface area (Å²) in [5.74, 6) is 5.56. The lowest BCUT2D eigenvalue weighted by molar-refractivity contribution is 0.122. The monoisotopic (exact) mass is 280 g/mol. The predicted octanol–water partition coefficient (Wildman–Crippen LogP) is 1.61. The Morgan fingerprint density at radius 2 is 2.05 bits per heavy atom. The normalized spacial score (nSPS) is 24.5. The number of anilines is 1. The molecule has 1 aliphatic carbocycles. The highest BCUT2D eigenvalue weighted by molar-refractivity contribution is 7.17. The molecule has 1 aliphatic heterocycles. The van der Waals surface area contributed by atoms with Crippen molar-refractivity contribution in [2.24, 2.45) is 16.4 Å². The Labute approximate surface area is 117 Å². The molecule has 1 saturated heterocycles. The Balaban J connectivity index is 1.93. The third-order valence-corrected chi connectivity index (χ3v) is 4.89. The first-order chi connectivity index (χ1) is 9.09. The Morgan fingerprint density at radius 3 is 2.74 bits per heavy atom. The molecule has 0 atom stereocenters. The van der Waals surface area contributed by atoms with Crippen molar-refractivity contribution in [1.82, 2.24) is 4.98 Å². The molecular weight excluding hydrogens is 260 g/mol. The van der Waals surface area contributed by atoms with Crippen LogP contribution in [-0.2, 0) is 11.2 Å². The second kappa shape index (κ2) is 4.76. The van der Waals surface area contributed by atoms with Crippen LogP contribution in [0.1, 0.15) is 30.8 Å². The Morgan fingerprint density at radius 1 is 1.32 bits per heavy atom. The molecule has 3 rings (SSSR count). The van der Waals surface area contributed by atoms with E-state index in [0.29, 0.717) is 0 Å². The van der Waals surface area contributed by atoms with Gasteiger partial charge < -0.3 is 15.5 Å². The van der Waals surface area contributed by atoms with Gasteiger partial charge in [0.15, 0.2) is 5.13 Å². The van der Waals surface area contributed by atoms with Gasteiger partial charge in [-0.1, -0.05) is 25.2 Å². The predicted molar refractivity (Wildman–Crippen MR) is 78.0 cm³/mol. The third kappa shape index (κ3) is 2.47. The number of hydrogen-bond acceptors (Lipinski definition) is 6. The maximum absolute atomic E-state index is 5.56. The summed E-state index contributed by atoms with van der Waals surface area (Å²) in [6, 6.07) is 0. The first-order valence-electron chi connectivity index (χ1n) is 6.68. The maximum Gasteiger partial charge on any atom is 0.186 e. The van der Waals surface area contributed by atoms with E-state index in [2.05, 4.69) is 23.8 Å². The summed E-state index contributed by atoms with van der Waals surface area (Å²) >= 11 is 1.72. The molecule has 0 radical (unpaired) electrons. The van der Waals surface area contributed by atoms with E-state index >= 15 is 0 Å². The zero-order valence-corrected chi connectivity index (χ0v) is 12.3. The fourth-order valence-electron chi connectivity index (χ4n) is 2.73. The number of hydrogen-bond donors (Lipinski definition) is 1. The highest BCUT2D eigenvalue weighted by Crippen LogP contribution is 2.39. The summed E-state index contributed by atoms with van der Waals surface area (Å²) in [6.45, 7) is 7.90. The van der Waals surface area contributed by atoms with E-state index in [4.69, 9.17) is 15.6 Å². The molecule has 2 heterocycles. The number of hydrazone groups is 1. The largest absolute Gasteiger partial charge is 0.378 e. The first kappa shape index (κ1) is 12.9. The van der Waals surface area contributed by atoms with Gasteiger partial charge in [-0.3, -0.25) is 0 Å². The van der Waals surface area contributed by atoms with Crippen molar-refractivity contribution in [2.75, 3.05) is 31.2 Å². The number of aromatic nitrogens is 1. The highest BCUT2D eigenvalue weighted by atomic mass is 32.1. The summed E-state index contributed by atoms with van der Waals surface area (Å²) in [6.07, 6.45) is 1.93. The minimum absolute atomic E-state index is 0.196. The third-order valence-electron chi connectivity index (χ3n) is 3.68. The van der Waals surface area contributed by atoms with Crippen LogP contribution in [0.15, 0.2) is 5.10 Å². The summed E-state index contributed by atoms with van der Waals surface area (Å²) in [7, 11) is 0. The maximum atomic E-state index is 5.56. The van der Waals surface area contributed by atoms with Crippen molar-refractivity contribution < 1.29 is 4.74 Å². The number of ether oxygens (including phenoxy) is 1. The second-order valence-electron chi connectivity index (χ2n) is 5.97. The Bertz CT molecular complexity index is 503. The van der Waals surface area contributed by atoms with E-state index < -0.39 is 0 Å². The molecule has 2 aliphatic rings. The van der Waals surface area contributed by atoms with Gasteiger partial charge in [0.1, 0.15) is 0 Å². The van der Waals surface area contributed by atoms with Crippen LogP contribution in [0.5, 0.6) is 0 Å². The van der Waals surface area contributed by atoms with Crippen molar-refractivity contribution in [3.63, 3.8) is 0 Å². The van der Waals surface area contributed by atoms with Crippen LogP contribution in [0.3, 0.4) is 0 Å².